The lowest BCUT2D eigenvalue weighted by atomic mass is 10.0. The SMILES string of the molecule is CN(CCn1cccn1)CC1CCCCN1. The van der Waals surface area contributed by atoms with Gasteiger partial charge < -0.3 is 10.2 Å². The van der Waals surface area contributed by atoms with E-state index in [1.54, 1.807) is 0 Å². The molecule has 1 saturated heterocycles. The number of hydrogen-bond donors (Lipinski definition) is 1. The quantitative estimate of drug-likeness (QED) is 0.805. The molecule has 4 nitrogen and oxygen atoms in total. The minimum Gasteiger partial charge on any atom is -0.313 e. The average Bonchev–Trinajstić information content (AvgIpc) is 2.81. The van der Waals surface area contributed by atoms with Gasteiger partial charge in [-0.05, 0) is 32.5 Å². The lowest BCUT2D eigenvalue weighted by Crippen LogP contribution is -2.43. The summed E-state index contributed by atoms with van der Waals surface area (Å²) >= 11 is 0. The first-order valence-corrected chi connectivity index (χ1v) is 6.24. The van der Waals surface area contributed by atoms with Crippen LogP contribution in [0, 0.1) is 0 Å². The van der Waals surface area contributed by atoms with Crippen LogP contribution >= 0.6 is 0 Å². The van der Waals surface area contributed by atoms with Crippen LogP contribution in [0.1, 0.15) is 19.3 Å². The van der Waals surface area contributed by atoms with Crippen LogP contribution in [0.5, 0.6) is 0 Å². The molecule has 1 atom stereocenters. The Morgan fingerprint density at radius 1 is 1.50 bits per heavy atom. The van der Waals surface area contributed by atoms with E-state index < -0.39 is 0 Å². The van der Waals surface area contributed by atoms with Crippen molar-refractivity contribution in [3.8, 4) is 0 Å². The zero-order valence-electron chi connectivity index (χ0n) is 10.1. The fraction of sp³-hybridized carbons (Fsp3) is 0.750. The third-order valence-electron chi connectivity index (χ3n) is 3.21. The molecule has 0 spiro atoms. The Labute approximate surface area is 97.6 Å². The molecule has 0 radical (unpaired) electrons. The molecule has 1 fully saturated rings. The van der Waals surface area contributed by atoms with Gasteiger partial charge in [-0.2, -0.15) is 5.10 Å². The Balaban J connectivity index is 1.65. The number of hydrogen-bond acceptors (Lipinski definition) is 3. The van der Waals surface area contributed by atoms with E-state index in [2.05, 4.69) is 22.4 Å². The predicted molar refractivity (Wildman–Crippen MR) is 65.4 cm³/mol. The van der Waals surface area contributed by atoms with Gasteiger partial charge in [0.05, 0.1) is 6.54 Å². The number of likely N-dealkylation sites (N-methyl/N-ethyl adjacent to an activating group) is 1. The van der Waals surface area contributed by atoms with E-state index in [4.69, 9.17) is 0 Å². The highest BCUT2D eigenvalue weighted by Gasteiger charge is 2.14. The highest BCUT2D eigenvalue weighted by atomic mass is 15.3. The number of aromatic nitrogens is 2. The van der Waals surface area contributed by atoms with Crippen LogP contribution in [0.3, 0.4) is 0 Å². The molecule has 1 N–H and O–H groups in total. The van der Waals surface area contributed by atoms with Gasteiger partial charge in [0, 0.05) is 31.5 Å². The van der Waals surface area contributed by atoms with Crippen LogP contribution in [-0.4, -0.2) is 47.4 Å². The number of nitrogens with zero attached hydrogens (tertiary/aromatic N) is 3. The lowest BCUT2D eigenvalue weighted by molar-refractivity contribution is 0.252. The first kappa shape index (κ1) is 11.6. The largest absolute Gasteiger partial charge is 0.313 e. The second kappa shape index (κ2) is 6.01. The van der Waals surface area contributed by atoms with Gasteiger partial charge in [0.1, 0.15) is 0 Å². The molecule has 0 amide bonds. The Morgan fingerprint density at radius 3 is 3.12 bits per heavy atom. The fourth-order valence-corrected chi connectivity index (χ4v) is 2.25. The maximum atomic E-state index is 4.21. The van der Waals surface area contributed by atoms with E-state index in [-0.39, 0.29) is 0 Å². The van der Waals surface area contributed by atoms with Crippen molar-refractivity contribution in [2.75, 3.05) is 26.7 Å². The van der Waals surface area contributed by atoms with Crippen molar-refractivity contribution in [2.45, 2.75) is 31.8 Å². The van der Waals surface area contributed by atoms with E-state index in [1.807, 2.05) is 23.1 Å². The summed E-state index contributed by atoms with van der Waals surface area (Å²) in [5, 5.41) is 7.79. The summed E-state index contributed by atoms with van der Waals surface area (Å²) in [5.41, 5.74) is 0. The molecule has 4 heteroatoms. The Hall–Kier alpha value is -0.870. The van der Waals surface area contributed by atoms with Crippen molar-refractivity contribution in [2.24, 2.45) is 0 Å². The number of nitrogens with one attached hydrogen (secondary N) is 1. The molecule has 1 unspecified atom stereocenters. The molecule has 1 aliphatic heterocycles. The summed E-state index contributed by atoms with van der Waals surface area (Å²) in [6.45, 7) is 4.40. The van der Waals surface area contributed by atoms with Gasteiger partial charge in [-0.1, -0.05) is 6.42 Å². The normalized spacial score (nSPS) is 21.5. The third-order valence-corrected chi connectivity index (χ3v) is 3.21. The molecule has 0 aliphatic carbocycles. The van der Waals surface area contributed by atoms with Gasteiger partial charge in [0.25, 0.3) is 0 Å². The maximum absolute atomic E-state index is 4.21. The standard InChI is InChI=1S/C12H22N4/c1-15(9-10-16-8-4-7-14-16)11-12-5-2-3-6-13-12/h4,7-8,12-13H,2-3,5-6,9-11H2,1H3. The van der Waals surface area contributed by atoms with Crippen LogP contribution < -0.4 is 5.32 Å². The third kappa shape index (κ3) is 3.61. The summed E-state index contributed by atoms with van der Waals surface area (Å²) in [7, 11) is 2.19. The van der Waals surface area contributed by atoms with Crippen LogP contribution in [0.25, 0.3) is 0 Å². The van der Waals surface area contributed by atoms with E-state index in [0.717, 1.165) is 19.6 Å². The zero-order chi connectivity index (χ0) is 11.2. The predicted octanol–water partition coefficient (Wildman–Crippen LogP) is 0.957. The summed E-state index contributed by atoms with van der Waals surface area (Å²) < 4.78 is 1.99. The Bertz CT molecular complexity index is 277. The molecule has 0 aromatic carbocycles. The summed E-state index contributed by atoms with van der Waals surface area (Å²) in [6.07, 6.45) is 7.90. The van der Waals surface area contributed by atoms with Gasteiger partial charge >= 0.3 is 0 Å². The summed E-state index contributed by atoms with van der Waals surface area (Å²) in [6, 6.07) is 2.67. The number of rotatable bonds is 5. The molecule has 1 aliphatic rings. The van der Waals surface area contributed by atoms with Crippen molar-refractivity contribution in [1.82, 2.24) is 20.0 Å². The molecule has 1 aromatic heterocycles. The maximum Gasteiger partial charge on any atom is 0.0536 e. The van der Waals surface area contributed by atoms with Crippen molar-refractivity contribution in [1.29, 1.82) is 0 Å². The molecule has 1 aromatic rings. The lowest BCUT2D eigenvalue weighted by Gasteiger charge is -2.28. The van der Waals surface area contributed by atoms with Gasteiger partial charge in [0.2, 0.25) is 0 Å². The second-order valence-electron chi connectivity index (χ2n) is 4.68. The van der Waals surface area contributed by atoms with Crippen molar-refractivity contribution in [3.05, 3.63) is 18.5 Å². The van der Waals surface area contributed by atoms with Crippen molar-refractivity contribution < 1.29 is 0 Å². The van der Waals surface area contributed by atoms with Gasteiger partial charge in [-0.15, -0.1) is 0 Å². The van der Waals surface area contributed by atoms with Crippen LogP contribution in [0.4, 0.5) is 0 Å². The van der Waals surface area contributed by atoms with E-state index in [1.165, 1.54) is 25.8 Å². The van der Waals surface area contributed by atoms with Crippen molar-refractivity contribution >= 4 is 0 Å². The van der Waals surface area contributed by atoms with Crippen LogP contribution in [0.2, 0.25) is 0 Å². The monoisotopic (exact) mass is 222 g/mol. The zero-order valence-corrected chi connectivity index (χ0v) is 10.1. The molecule has 2 rings (SSSR count). The van der Waals surface area contributed by atoms with E-state index in [0.29, 0.717) is 6.04 Å². The molecule has 0 saturated carbocycles. The molecular weight excluding hydrogens is 200 g/mol. The van der Waals surface area contributed by atoms with E-state index in [9.17, 15) is 0 Å². The highest BCUT2D eigenvalue weighted by Crippen LogP contribution is 2.07. The smallest absolute Gasteiger partial charge is 0.0536 e. The second-order valence-corrected chi connectivity index (χ2v) is 4.68. The Kier molecular flexibility index (Phi) is 4.36. The first-order chi connectivity index (χ1) is 7.84. The molecule has 2 heterocycles. The molecule has 90 valence electrons. The average molecular weight is 222 g/mol. The number of piperidine rings is 1. The highest BCUT2D eigenvalue weighted by molar-refractivity contribution is 4.78. The van der Waals surface area contributed by atoms with E-state index >= 15 is 0 Å². The Morgan fingerprint density at radius 2 is 2.44 bits per heavy atom. The van der Waals surface area contributed by atoms with Gasteiger partial charge in [0.15, 0.2) is 0 Å². The van der Waals surface area contributed by atoms with Crippen LogP contribution in [0.15, 0.2) is 18.5 Å². The van der Waals surface area contributed by atoms with Crippen LogP contribution in [-0.2, 0) is 6.54 Å². The summed E-state index contributed by atoms with van der Waals surface area (Å²) in [5.74, 6) is 0. The van der Waals surface area contributed by atoms with Gasteiger partial charge in [-0.3, -0.25) is 4.68 Å². The molecule has 0 bridgehead atoms. The fourth-order valence-electron chi connectivity index (χ4n) is 2.25. The molecule has 16 heavy (non-hydrogen) atoms. The van der Waals surface area contributed by atoms with Crippen molar-refractivity contribution in [3.63, 3.8) is 0 Å². The molecular formula is C12H22N4. The first-order valence-electron chi connectivity index (χ1n) is 6.24. The summed E-state index contributed by atoms with van der Waals surface area (Å²) in [4.78, 5) is 2.39. The minimum atomic E-state index is 0.691. The topological polar surface area (TPSA) is 33.1 Å². The van der Waals surface area contributed by atoms with Gasteiger partial charge in [-0.25, -0.2) is 0 Å². The minimum absolute atomic E-state index is 0.691.